The first kappa shape index (κ1) is 14.5. The first-order chi connectivity index (χ1) is 8.06. The lowest BCUT2D eigenvalue weighted by atomic mass is 9.76. The summed E-state index contributed by atoms with van der Waals surface area (Å²) in [5.74, 6) is 0.124. The summed E-state index contributed by atoms with van der Waals surface area (Å²) in [6.07, 6.45) is 7.65. The highest BCUT2D eigenvalue weighted by Crippen LogP contribution is 2.34. The van der Waals surface area contributed by atoms with Crippen molar-refractivity contribution in [3.05, 3.63) is 0 Å². The lowest BCUT2D eigenvalue weighted by Crippen LogP contribution is -2.42. The molecule has 1 aliphatic carbocycles. The first-order valence-corrected chi connectivity index (χ1v) is 7.06. The largest absolute Gasteiger partial charge is 0.353 e. The van der Waals surface area contributed by atoms with Crippen LogP contribution in [0.15, 0.2) is 0 Å². The highest BCUT2D eigenvalue weighted by Gasteiger charge is 2.26. The van der Waals surface area contributed by atoms with Crippen LogP contribution in [0.2, 0.25) is 0 Å². The smallest absolute Gasteiger partial charge is 0.234 e. The number of nitrogens with one attached hydrogen (secondary N) is 2. The van der Waals surface area contributed by atoms with Gasteiger partial charge in [-0.2, -0.15) is 0 Å². The number of carbonyl (C=O) groups excluding carboxylic acids is 1. The summed E-state index contributed by atoms with van der Waals surface area (Å²) in [7, 11) is 0. The number of rotatable bonds is 6. The van der Waals surface area contributed by atoms with Gasteiger partial charge in [0.15, 0.2) is 0 Å². The molecule has 17 heavy (non-hydrogen) atoms. The summed E-state index contributed by atoms with van der Waals surface area (Å²) in [6.45, 7) is 7.90. The summed E-state index contributed by atoms with van der Waals surface area (Å²) in [6, 6.07) is 0.287. The van der Waals surface area contributed by atoms with E-state index in [2.05, 4.69) is 24.5 Å². The fourth-order valence-electron chi connectivity index (χ4n) is 2.49. The molecule has 3 heteroatoms. The molecule has 2 N–H and O–H groups in total. The molecule has 0 heterocycles. The molecule has 0 aromatic heterocycles. The van der Waals surface area contributed by atoms with Crippen molar-refractivity contribution in [1.29, 1.82) is 0 Å². The van der Waals surface area contributed by atoms with Crippen LogP contribution in [0.1, 0.15) is 59.3 Å². The minimum atomic E-state index is 0.124. The quantitative estimate of drug-likeness (QED) is 0.749. The first-order valence-electron chi connectivity index (χ1n) is 7.06. The zero-order valence-electron chi connectivity index (χ0n) is 11.6. The van der Waals surface area contributed by atoms with E-state index in [-0.39, 0.29) is 11.9 Å². The van der Waals surface area contributed by atoms with Crippen LogP contribution in [0.4, 0.5) is 0 Å². The van der Waals surface area contributed by atoms with Crippen LogP contribution in [0.25, 0.3) is 0 Å². The van der Waals surface area contributed by atoms with E-state index < -0.39 is 0 Å². The SMILES string of the molecule is CCC(C)NC(=O)CNCC1(C)CCCCC1. The van der Waals surface area contributed by atoms with Crippen LogP contribution in [0, 0.1) is 5.41 Å². The molecule has 1 amide bonds. The van der Waals surface area contributed by atoms with E-state index in [0.717, 1.165) is 13.0 Å². The Hall–Kier alpha value is -0.570. The molecule has 0 aromatic rings. The van der Waals surface area contributed by atoms with Crippen molar-refractivity contribution >= 4 is 5.91 Å². The van der Waals surface area contributed by atoms with Crippen molar-refractivity contribution < 1.29 is 4.79 Å². The topological polar surface area (TPSA) is 41.1 Å². The Labute approximate surface area is 106 Å². The van der Waals surface area contributed by atoms with Crippen molar-refractivity contribution in [3.63, 3.8) is 0 Å². The summed E-state index contributed by atoms with van der Waals surface area (Å²) in [4.78, 5) is 11.6. The summed E-state index contributed by atoms with van der Waals surface area (Å²) in [5.41, 5.74) is 0.412. The monoisotopic (exact) mass is 240 g/mol. The maximum Gasteiger partial charge on any atom is 0.234 e. The van der Waals surface area contributed by atoms with E-state index in [1.54, 1.807) is 0 Å². The maximum atomic E-state index is 11.6. The van der Waals surface area contributed by atoms with Crippen LogP contribution in [-0.4, -0.2) is 25.0 Å². The van der Waals surface area contributed by atoms with Crippen molar-refractivity contribution in [3.8, 4) is 0 Å². The maximum absolute atomic E-state index is 11.6. The second-order valence-corrected chi connectivity index (χ2v) is 5.85. The van der Waals surface area contributed by atoms with Gasteiger partial charge >= 0.3 is 0 Å². The number of amides is 1. The molecule has 1 atom stereocenters. The molecule has 1 unspecified atom stereocenters. The fraction of sp³-hybridized carbons (Fsp3) is 0.929. The minimum Gasteiger partial charge on any atom is -0.353 e. The molecule has 3 nitrogen and oxygen atoms in total. The third kappa shape index (κ3) is 5.53. The van der Waals surface area contributed by atoms with Gasteiger partial charge in [-0.05, 0) is 31.6 Å². The predicted octanol–water partition coefficient (Wildman–Crippen LogP) is 2.46. The molecular formula is C14H28N2O. The van der Waals surface area contributed by atoms with E-state index >= 15 is 0 Å². The van der Waals surface area contributed by atoms with Gasteiger partial charge in [-0.1, -0.05) is 33.1 Å². The molecule has 100 valence electrons. The van der Waals surface area contributed by atoms with Crippen molar-refractivity contribution in [2.45, 2.75) is 65.3 Å². The normalized spacial score (nSPS) is 20.9. The van der Waals surface area contributed by atoms with Crippen LogP contribution in [0.5, 0.6) is 0 Å². The lowest BCUT2D eigenvalue weighted by Gasteiger charge is -2.33. The molecular weight excluding hydrogens is 212 g/mol. The van der Waals surface area contributed by atoms with Gasteiger partial charge in [-0.15, -0.1) is 0 Å². The molecule has 0 radical (unpaired) electrons. The Morgan fingerprint density at radius 1 is 1.29 bits per heavy atom. The summed E-state index contributed by atoms with van der Waals surface area (Å²) < 4.78 is 0. The average Bonchev–Trinajstić information content (AvgIpc) is 2.29. The Morgan fingerprint density at radius 2 is 1.94 bits per heavy atom. The fourth-order valence-corrected chi connectivity index (χ4v) is 2.49. The number of carbonyl (C=O) groups is 1. The Morgan fingerprint density at radius 3 is 2.53 bits per heavy atom. The zero-order chi connectivity index (χ0) is 12.7. The molecule has 1 rings (SSSR count). The minimum absolute atomic E-state index is 0.124. The average molecular weight is 240 g/mol. The molecule has 0 aliphatic heterocycles. The van der Waals surface area contributed by atoms with E-state index in [1.165, 1.54) is 32.1 Å². The highest BCUT2D eigenvalue weighted by atomic mass is 16.1. The second kappa shape index (κ2) is 7.00. The van der Waals surface area contributed by atoms with Crippen LogP contribution in [-0.2, 0) is 4.79 Å². The molecule has 1 saturated carbocycles. The lowest BCUT2D eigenvalue weighted by molar-refractivity contribution is -0.120. The Balaban J connectivity index is 2.16. The van der Waals surface area contributed by atoms with Gasteiger partial charge in [-0.25, -0.2) is 0 Å². The van der Waals surface area contributed by atoms with Gasteiger partial charge in [0.05, 0.1) is 6.54 Å². The highest BCUT2D eigenvalue weighted by molar-refractivity contribution is 5.78. The molecule has 1 aliphatic rings. The van der Waals surface area contributed by atoms with Crippen molar-refractivity contribution in [2.24, 2.45) is 5.41 Å². The Kier molecular flexibility index (Phi) is 5.96. The predicted molar refractivity (Wildman–Crippen MR) is 72.0 cm³/mol. The van der Waals surface area contributed by atoms with Gasteiger partial charge in [0.1, 0.15) is 0 Å². The molecule has 0 saturated heterocycles. The third-order valence-corrected chi connectivity index (χ3v) is 3.92. The van der Waals surface area contributed by atoms with Crippen molar-refractivity contribution in [2.75, 3.05) is 13.1 Å². The second-order valence-electron chi connectivity index (χ2n) is 5.85. The van der Waals surface area contributed by atoms with Crippen molar-refractivity contribution in [1.82, 2.24) is 10.6 Å². The molecule has 0 aromatic carbocycles. The van der Waals surface area contributed by atoms with E-state index in [1.807, 2.05) is 6.92 Å². The molecule has 1 fully saturated rings. The van der Waals surface area contributed by atoms with E-state index in [0.29, 0.717) is 12.0 Å². The number of hydrogen-bond acceptors (Lipinski definition) is 2. The van der Waals surface area contributed by atoms with Gasteiger partial charge in [0.2, 0.25) is 5.91 Å². The van der Waals surface area contributed by atoms with Crippen LogP contribution in [0.3, 0.4) is 0 Å². The van der Waals surface area contributed by atoms with Gasteiger partial charge < -0.3 is 10.6 Å². The molecule has 0 spiro atoms. The Bertz CT molecular complexity index is 234. The van der Waals surface area contributed by atoms with Gasteiger partial charge in [0.25, 0.3) is 0 Å². The van der Waals surface area contributed by atoms with Gasteiger partial charge in [0, 0.05) is 12.6 Å². The van der Waals surface area contributed by atoms with Crippen LogP contribution >= 0.6 is 0 Å². The van der Waals surface area contributed by atoms with Gasteiger partial charge in [-0.3, -0.25) is 4.79 Å². The zero-order valence-corrected chi connectivity index (χ0v) is 11.6. The number of hydrogen-bond donors (Lipinski definition) is 2. The summed E-state index contributed by atoms with van der Waals surface area (Å²) >= 11 is 0. The summed E-state index contributed by atoms with van der Waals surface area (Å²) in [5, 5.41) is 6.29. The molecule has 0 bridgehead atoms. The van der Waals surface area contributed by atoms with E-state index in [4.69, 9.17) is 0 Å². The third-order valence-electron chi connectivity index (χ3n) is 3.92. The van der Waals surface area contributed by atoms with E-state index in [9.17, 15) is 4.79 Å². The van der Waals surface area contributed by atoms with Crippen LogP contribution < -0.4 is 10.6 Å². The standard InChI is InChI=1S/C14H28N2O/c1-4-12(2)16-13(17)10-15-11-14(3)8-6-5-7-9-14/h12,15H,4-11H2,1-3H3,(H,16,17).